The fraction of sp³-hybridized carbons (Fsp3) is 0.400. The molecule has 1 N–H and O–H groups in total. The summed E-state index contributed by atoms with van der Waals surface area (Å²) < 4.78 is 21.5. The molecule has 1 heterocycles. The molecule has 0 saturated heterocycles. The summed E-state index contributed by atoms with van der Waals surface area (Å²) in [7, 11) is 3.63. The number of nitrogens with zero attached hydrogens (tertiary/aromatic N) is 1. The van der Waals surface area contributed by atoms with Gasteiger partial charge in [0.1, 0.15) is 5.75 Å². The minimum atomic E-state index is -0.556. The largest absolute Gasteiger partial charge is 0.497 e. The summed E-state index contributed by atoms with van der Waals surface area (Å²) in [5.74, 6) is 2.33. The van der Waals surface area contributed by atoms with E-state index in [0.29, 0.717) is 13.2 Å². The van der Waals surface area contributed by atoms with Gasteiger partial charge in [0, 0.05) is 13.1 Å². The van der Waals surface area contributed by atoms with Gasteiger partial charge in [0.25, 0.3) is 0 Å². The first-order chi connectivity index (χ1) is 12.6. The van der Waals surface area contributed by atoms with Crippen molar-refractivity contribution in [2.75, 3.05) is 34.1 Å². The summed E-state index contributed by atoms with van der Waals surface area (Å²) in [5, 5.41) is 10.2. The van der Waals surface area contributed by atoms with E-state index in [1.165, 1.54) is 0 Å². The van der Waals surface area contributed by atoms with Crippen LogP contribution >= 0.6 is 0 Å². The molecule has 0 unspecified atom stereocenters. The Bertz CT molecular complexity index is 721. The average molecular weight is 359 g/mol. The molecule has 1 aliphatic heterocycles. The van der Waals surface area contributed by atoms with Crippen molar-refractivity contribution in [1.82, 2.24) is 4.90 Å². The van der Waals surface area contributed by atoms with Crippen molar-refractivity contribution in [3.8, 4) is 17.2 Å². The topological polar surface area (TPSA) is 60.4 Å². The van der Waals surface area contributed by atoms with Crippen molar-refractivity contribution in [1.29, 1.82) is 0 Å². The highest BCUT2D eigenvalue weighted by atomic mass is 16.7. The molecule has 2 aromatic rings. The molecule has 1 atom stereocenters. The lowest BCUT2D eigenvalue weighted by Gasteiger charge is -2.21. The zero-order valence-electron chi connectivity index (χ0n) is 15.2. The Kier molecular flexibility index (Phi) is 6.33. The second-order valence-corrected chi connectivity index (χ2v) is 6.40. The summed E-state index contributed by atoms with van der Waals surface area (Å²) in [4.78, 5) is 2.06. The van der Waals surface area contributed by atoms with Gasteiger partial charge in [-0.05, 0) is 42.4 Å². The first-order valence-corrected chi connectivity index (χ1v) is 8.60. The number of ether oxygens (including phenoxy) is 4. The van der Waals surface area contributed by atoms with E-state index in [9.17, 15) is 5.11 Å². The van der Waals surface area contributed by atoms with Crippen molar-refractivity contribution in [3.63, 3.8) is 0 Å². The SMILES string of the molecule is COc1cccc(CN(C)C[C@@H](O)COCc2ccc3c(c2)OCO3)c1. The third-order valence-corrected chi connectivity index (χ3v) is 4.13. The molecular formula is C20H25NO5. The molecule has 0 aliphatic carbocycles. The quantitative estimate of drug-likeness (QED) is 0.742. The minimum absolute atomic E-state index is 0.262. The van der Waals surface area contributed by atoms with Gasteiger partial charge in [0.05, 0.1) is 26.4 Å². The van der Waals surface area contributed by atoms with Crippen LogP contribution in [0.15, 0.2) is 42.5 Å². The molecule has 0 spiro atoms. The molecule has 0 amide bonds. The Morgan fingerprint density at radius 1 is 1.12 bits per heavy atom. The summed E-state index contributed by atoms with van der Waals surface area (Å²) in [6, 6.07) is 13.6. The summed E-state index contributed by atoms with van der Waals surface area (Å²) >= 11 is 0. The number of rotatable bonds is 9. The maximum absolute atomic E-state index is 10.2. The second kappa shape index (κ2) is 8.89. The Morgan fingerprint density at radius 3 is 2.81 bits per heavy atom. The Balaban J connectivity index is 1.40. The monoisotopic (exact) mass is 359 g/mol. The van der Waals surface area contributed by atoms with Gasteiger partial charge in [-0.2, -0.15) is 0 Å². The molecule has 0 bridgehead atoms. The van der Waals surface area contributed by atoms with Gasteiger partial charge < -0.3 is 24.1 Å². The van der Waals surface area contributed by atoms with Gasteiger partial charge in [-0.25, -0.2) is 0 Å². The minimum Gasteiger partial charge on any atom is -0.497 e. The standard InChI is InChI=1S/C20H25NO5/c1-21(10-15-4-3-5-18(8-15)23-2)11-17(22)13-24-12-16-6-7-19-20(9-16)26-14-25-19/h3-9,17,22H,10-14H2,1-2H3/t17-/m1/s1. The first kappa shape index (κ1) is 18.5. The predicted molar refractivity (Wildman–Crippen MR) is 97.6 cm³/mol. The van der Waals surface area contributed by atoms with E-state index in [0.717, 1.165) is 34.9 Å². The fourth-order valence-electron chi connectivity index (χ4n) is 2.90. The average Bonchev–Trinajstić information content (AvgIpc) is 3.09. The molecule has 0 aromatic heterocycles. The molecule has 6 heteroatoms. The number of aliphatic hydroxyl groups excluding tert-OH is 1. The number of aliphatic hydroxyl groups is 1. The smallest absolute Gasteiger partial charge is 0.231 e. The van der Waals surface area contributed by atoms with Gasteiger partial charge in [0.15, 0.2) is 11.5 Å². The lowest BCUT2D eigenvalue weighted by atomic mass is 10.2. The summed E-state index contributed by atoms with van der Waals surface area (Å²) in [6.07, 6.45) is -0.556. The maximum atomic E-state index is 10.2. The van der Waals surface area contributed by atoms with E-state index in [1.807, 2.05) is 49.5 Å². The zero-order chi connectivity index (χ0) is 18.4. The fourth-order valence-corrected chi connectivity index (χ4v) is 2.90. The van der Waals surface area contributed by atoms with E-state index < -0.39 is 6.10 Å². The van der Waals surface area contributed by atoms with Gasteiger partial charge in [-0.15, -0.1) is 0 Å². The molecule has 2 aromatic carbocycles. The molecule has 26 heavy (non-hydrogen) atoms. The number of benzene rings is 2. The van der Waals surface area contributed by atoms with Crippen molar-refractivity contribution in [2.24, 2.45) is 0 Å². The van der Waals surface area contributed by atoms with Crippen LogP contribution in [0.3, 0.4) is 0 Å². The number of fused-ring (bicyclic) bond motifs is 1. The maximum Gasteiger partial charge on any atom is 0.231 e. The third kappa shape index (κ3) is 5.11. The number of hydrogen-bond donors (Lipinski definition) is 1. The van der Waals surface area contributed by atoms with Crippen molar-refractivity contribution in [3.05, 3.63) is 53.6 Å². The van der Waals surface area contributed by atoms with Crippen LogP contribution < -0.4 is 14.2 Å². The number of hydrogen-bond acceptors (Lipinski definition) is 6. The van der Waals surface area contributed by atoms with Crippen LogP contribution in [-0.4, -0.2) is 50.2 Å². The molecule has 140 valence electrons. The van der Waals surface area contributed by atoms with Crippen LogP contribution in [0.5, 0.6) is 17.2 Å². The normalized spacial score (nSPS) is 13.8. The van der Waals surface area contributed by atoms with Gasteiger partial charge >= 0.3 is 0 Å². The predicted octanol–water partition coefficient (Wildman–Crippen LogP) is 2.43. The van der Waals surface area contributed by atoms with Crippen LogP contribution in [0.25, 0.3) is 0 Å². The molecule has 0 radical (unpaired) electrons. The van der Waals surface area contributed by atoms with Crippen LogP contribution in [0.4, 0.5) is 0 Å². The highest BCUT2D eigenvalue weighted by Gasteiger charge is 2.14. The number of likely N-dealkylation sites (N-methyl/N-ethyl adjacent to an activating group) is 1. The summed E-state index contributed by atoms with van der Waals surface area (Å²) in [6.45, 7) is 2.22. The van der Waals surface area contributed by atoms with Crippen molar-refractivity contribution >= 4 is 0 Å². The van der Waals surface area contributed by atoms with Crippen LogP contribution in [0.1, 0.15) is 11.1 Å². The Labute approximate surface area is 153 Å². The lowest BCUT2D eigenvalue weighted by Crippen LogP contribution is -2.31. The zero-order valence-corrected chi connectivity index (χ0v) is 15.2. The molecule has 0 fully saturated rings. The first-order valence-electron chi connectivity index (χ1n) is 8.60. The van der Waals surface area contributed by atoms with Gasteiger partial charge in [-0.3, -0.25) is 4.90 Å². The molecule has 3 rings (SSSR count). The molecule has 6 nitrogen and oxygen atoms in total. The van der Waals surface area contributed by atoms with Gasteiger partial charge in [-0.1, -0.05) is 18.2 Å². The van der Waals surface area contributed by atoms with Crippen LogP contribution in [0, 0.1) is 0 Å². The van der Waals surface area contributed by atoms with Gasteiger partial charge in [0.2, 0.25) is 6.79 Å². The third-order valence-electron chi connectivity index (χ3n) is 4.13. The number of methoxy groups -OCH3 is 1. The van der Waals surface area contributed by atoms with E-state index >= 15 is 0 Å². The van der Waals surface area contributed by atoms with E-state index in [1.54, 1.807) is 7.11 Å². The van der Waals surface area contributed by atoms with Crippen LogP contribution in [-0.2, 0) is 17.9 Å². The van der Waals surface area contributed by atoms with E-state index in [2.05, 4.69) is 4.90 Å². The lowest BCUT2D eigenvalue weighted by molar-refractivity contribution is 0.0127. The molecular weight excluding hydrogens is 334 g/mol. The van der Waals surface area contributed by atoms with Crippen molar-refractivity contribution < 1.29 is 24.1 Å². The van der Waals surface area contributed by atoms with E-state index in [4.69, 9.17) is 18.9 Å². The second-order valence-electron chi connectivity index (χ2n) is 6.40. The highest BCUT2D eigenvalue weighted by molar-refractivity contribution is 5.44. The Hall–Kier alpha value is -2.28. The Morgan fingerprint density at radius 2 is 1.96 bits per heavy atom. The van der Waals surface area contributed by atoms with Crippen molar-refractivity contribution in [2.45, 2.75) is 19.3 Å². The molecule has 0 saturated carbocycles. The molecule has 1 aliphatic rings. The van der Waals surface area contributed by atoms with Crippen LogP contribution in [0.2, 0.25) is 0 Å². The highest BCUT2D eigenvalue weighted by Crippen LogP contribution is 2.32. The summed E-state index contributed by atoms with van der Waals surface area (Å²) in [5.41, 5.74) is 2.13. The van der Waals surface area contributed by atoms with E-state index in [-0.39, 0.29) is 13.4 Å².